The van der Waals surface area contributed by atoms with Crippen molar-refractivity contribution in [2.24, 2.45) is 0 Å². The number of hydrogen-bond donors (Lipinski definition) is 3. The van der Waals surface area contributed by atoms with E-state index >= 15 is 0 Å². The van der Waals surface area contributed by atoms with Crippen LogP contribution < -0.4 is 25.0 Å². The zero-order valence-electron chi connectivity index (χ0n) is 38.5. The number of thiazole rings is 1. The molecule has 7 rings (SSSR count). The maximum Gasteiger partial charge on any atom is 0.298 e. The van der Waals surface area contributed by atoms with Crippen LogP contribution in [0.3, 0.4) is 0 Å². The highest BCUT2D eigenvalue weighted by molar-refractivity contribution is 7.13. The molecule has 0 aliphatic carbocycles. The van der Waals surface area contributed by atoms with E-state index in [1.807, 2.05) is 74.0 Å². The van der Waals surface area contributed by atoms with Crippen LogP contribution in [0.4, 0.5) is 6.01 Å². The Hall–Kier alpha value is -5.70. The van der Waals surface area contributed by atoms with Crippen LogP contribution in [0.15, 0.2) is 70.7 Å². The Morgan fingerprint density at radius 2 is 1.70 bits per heavy atom. The Bertz CT molecular complexity index is 2340. The number of likely N-dealkylation sites (tertiary alicyclic amines) is 1. The van der Waals surface area contributed by atoms with Gasteiger partial charge in [0.1, 0.15) is 42.3 Å². The fraction of sp³-hybridized carbons (Fsp3) is 0.500. The number of nitrogens with zero attached hydrogens (tertiary/aromatic N) is 6. The smallest absolute Gasteiger partial charge is 0.298 e. The number of piperazine rings is 1. The van der Waals surface area contributed by atoms with E-state index in [1.165, 1.54) is 4.90 Å². The molecule has 5 heterocycles. The van der Waals surface area contributed by atoms with E-state index in [0.717, 1.165) is 72.1 Å². The second-order valence-electron chi connectivity index (χ2n) is 16.5. The van der Waals surface area contributed by atoms with Crippen molar-refractivity contribution in [2.75, 3.05) is 90.9 Å². The molecule has 19 heteroatoms. The van der Waals surface area contributed by atoms with Crippen LogP contribution >= 0.6 is 11.3 Å². The largest absolute Gasteiger partial charge is 0.495 e. The van der Waals surface area contributed by atoms with Crippen molar-refractivity contribution in [1.82, 2.24) is 35.4 Å². The van der Waals surface area contributed by atoms with E-state index in [0.29, 0.717) is 62.4 Å². The van der Waals surface area contributed by atoms with E-state index in [1.54, 1.807) is 24.6 Å². The number of pyridine rings is 1. The van der Waals surface area contributed by atoms with Gasteiger partial charge in [-0.2, -0.15) is 4.98 Å². The van der Waals surface area contributed by atoms with E-state index in [-0.39, 0.29) is 45.2 Å². The number of β-amino-alcohol motifs (C(OH)–C–C–N with tert-alkyl or cyclic N) is 1. The molecule has 18 nitrogen and oxygen atoms in total. The first kappa shape index (κ1) is 49.2. The minimum absolute atomic E-state index is 0.0143. The average Bonchev–Trinajstić information content (AvgIpc) is 4.10. The van der Waals surface area contributed by atoms with E-state index in [9.17, 15) is 19.5 Å². The number of hydrogen-bond acceptors (Lipinski definition) is 16. The van der Waals surface area contributed by atoms with Gasteiger partial charge in [-0.05, 0) is 48.7 Å². The monoisotopic (exact) mass is 942 g/mol. The van der Waals surface area contributed by atoms with E-state index in [4.69, 9.17) is 33.1 Å². The van der Waals surface area contributed by atoms with Crippen molar-refractivity contribution >= 4 is 46.2 Å². The Morgan fingerprint density at radius 3 is 2.42 bits per heavy atom. The summed E-state index contributed by atoms with van der Waals surface area (Å²) in [5.74, 6) is 0.202. The zero-order valence-corrected chi connectivity index (χ0v) is 39.3. The van der Waals surface area contributed by atoms with Crippen LogP contribution in [0.1, 0.15) is 49.6 Å². The fourth-order valence-electron chi connectivity index (χ4n) is 7.92. The maximum atomic E-state index is 13.8. The first-order chi connectivity index (χ1) is 32.7. The molecule has 0 unspecified atom stereocenters. The van der Waals surface area contributed by atoms with Gasteiger partial charge in [0.05, 0.1) is 74.2 Å². The SMILES string of the molecule is CCCC[C@H](NC(=O)COCCOCCOCCN1CCN(c2nc3cc(OCc4ccc(OC)cn4)ccc3o2)CC1)C(=O)N1C[C@H](O)C[C@H]1C(=O)NCc1ccc(-c2scnc2C)cc1. The van der Waals surface area contributed by atoms with Crippen LogP contribution in [0.2, 0.25) is 0 Å². The number of oxazole rings is 1. The van der Waals surface area contributed by atoms with Crippen LogP contribution in [-0.4, -0.2) is 152 Å². The van der Waals surface area contributed by atoms with Crippen LogP contribution in [0.5, 0.6) is 11.5 Å². The molecule has 5 aromatic rings. The summed E-state index contributed by atoms with van der Waals surface area (Å²) in [7, 11) is 1.61. The van der Waals surface area contributed by atoms with Crippen molar-refractivity contribution in [3.8, 4) is 21.9 Å². The molecule has 3 amide bonds. The highest BCUT2D eigenvalue weighted by Crippen LogP contribution is 2.29. The summed E-state index contributed by atoms with van der Waals surface area (Å²) >= 11 is 1.58. The third-order valence-corrected chi connectivity index (χ3v) is 12.7. The number of fused-ring (bicyclic) bond motifs is 1. The molecule has 3 N–H and O–H groups in total. The number of ether oxygens (including phenoxy) is 5. The quantitative estimate of drug-likeness (QED) is 0.0696. The summed E-state index contributed by atoms with van der Waals surface area (Å²) in [5.41, 5.74) is 6.99. The highest BCUT2D eigenvalue weighted by atomic mass is 32.1. The number of unbranched alkanes of at least 4 members (excludes halogenated alkanes) is 1. The molecule has 0 spiro atoms. The predicted octanol–water partition coefficient (Wildman–Crippen LogP) is 4.37. The lowest BCUT2D eigenvalue weighted by Crippen LogP contribution is -2.54. The number of rotatable bonds is 25. The average molecular weight is 943 g/mol. The second kappa shape index (κ2) is 24.9. The molecular formula is C48H62N8O10S. The first-order valence-corrected chi connectivity index (χ1v) is 23.8. The summed E-state index contributed by atoms with van der Waals surface area (Å²) in [6.07, 6.45) is 2.85. The minimum Gasteiger partial charge on any atom is -0.495 e. The molecule has 2 aliphatic heterocycles. The lowest BCUT2D eigenvalue weighted by molar-refractivity contribution is -0.142. The van der Waals surface area contributed by atoms with Crippen molar-refractivity contribution in [3.63, 3.8) is 0 Å². The van der Waals surface area contributed by atoms with Crippen molar-refractivity contribution in [2.45, 2.75) is 70.9 Å². The molecule has 3 aromatic heterocycles. The molecule has 360 valence electrons. The topological polar surface area (TPSA) is 203 Å². The van der Waals surface area contributed by atoms with Gasteiger partial charge in [0.2, 0.25) is 17.7 Å². The Morgan fingerprint density at radius 1 is 0.940 bits per heavy atom. The van der Waals surface area contributed by atoms with Crippen LogP contribution in [-0.2, 0) is 41.7 Å². The van der Waals surface area contributed by atoms with Crippen LogP contribution in [0, 0.1) is 6.92 Å². The number of aliphatic hydroxyl groups is 1. The number of carbonyl (C=O) groups excluding carboxylic acids is 3. The number of aromatic nitrogens is 3. The van der Waals surface area contributed by atoms with Gasteiger partial charge in [-0.15, -0.1) is 11.3 Å². The lowest BCUT2D eigenvalue weighted by Gasteiger charge is -2.33. The summed E-state index contributed by atoms with van der Waals surface area (Å²) in [6, 6.07) is 16.1. The summed E-state index contributed by atoms with van der Waals surface area (Å²) in [6.45, 7) is 10.3. The molecule has 2 aliphatic rings. The summed E-state index contributed by atoms with van der Waals surface area (Å²) < 4.78 is 34.2. The van der Waals surface area contributed by atoms with Crippen molar-refractivity contribution in [1.29, 1.82) is 0 Å². The normalized spacial score (nSPS) is 16.9. The number of anilines is 1. The van der Waals surface area contributed by atoms with Gasteiger partial charge in [0, 0.05) is 58.3 Å². The summed E-state index contributed by atoms with van der Waals surface area (Å²) in [4.78, 5) is 60.5. The molecule has 0 radical (unpaired) electrons. The molecule has 2 aromatic carbocycles. The minimum atomic E-state index is -0.851. The predicted molar refractivity (Wildman–Crippen MR) is 252 cm³/mol. The number of aryl methyl sites for hydroxylation is 1. The van der Waals surface area contributed by atoms with Gasteiger partial charge >= 0.3 is 0 Å². The van der Waals surface area contributed by atoms with Gasteiger partial charge in [-0.25, -0.2) is 4.98 Å². The van der Waals surface area contributed by atoms with Gasteiger partial charge < -0.3 is 53.6 Å². The molecule has 2 fully saturated rings. The summed E-state index contributed by atoms with van der Waals surface area (Å²) in [5, 5.41) is 16.3. The van der Waals surface area contributed by atoms with Crippen molar-refractivity contribution in [3.05, 3.63) is 83.3 Å². The van der Waals surface area contributed by atoms with Gasteiger partial charge in [0.15, 0.2) is 5.58 Å². The molecular weight excluding hydrogens is 881 g/mol. The number of carbonyl (C=O) groups is 3. The fourth-order valence-corrected chi connectivity index (χ4v) is 8.73. The second-order valence-corrected chi connectivity index (χ2v) is 17.4. The highest BCUT2D eigenvalue weighted by Gasteiger charge is 2.41. The van der Waals surface area contributed by atoms with Crippen molar-refractivity contribution < 1.29 is 47.6 Å². The molecule has 67 heavy (non-hydrogen) atoms. The molecule has 0 saturated carbocycles. The first-order valence-electron chi connectivity index (χ1n) is 22.9. The van der Waals surface area contributed by atoms with Crippen LogP contribution in [0.25, 0.3) is 21.5 Å². The number of methoxy groups -OCH3 is 1. The Kier molecular flexibility index (Phi) is 18.3. The van der Waals surface area contributed by atoms with E-state index < -0.39 is 30.0 Å². The number of benzene rings is 2. The molecule has 2 saturated heterocycles. The number of nitrogens with one attached hydrogen (secondary N) is 2. The lowest BCUT2D eigenvalue weighted by atomic mass is 10.1. The van der Waals surface area contributed by atoms with Gasteiger partial charge in [-0.3, -0.25) is 24.3 Å². The Balaban J connectivity index is 0.735. The van der Waals surface area contributed by atoms with E-state index in [2.05, 4.69) is 30.4 Å². The number of amides is 3. The van der Waals surface area contributed by atoms with Gasteiger partial charge in [-0.1, -0.05) is 44.0 Å². The number of aliphatic hydroxyl groups excluding tert-OH is 1. The molecule has 3 atom stereocenters. The maximum absolute atomic E-state index is 13.8. The third kappa shape index (κ3) is 14.2. The standard InChI is InChI=1S/C48H62N8O10S/c1-4-5-6-40(47(60)56-29-37(57)25-42(56)46(59)50-27-34-7-9-35(10-8-34)45-33(2)51-32-67-45)52-44(58)31-64-24-23-63-22-21-62-20-19-54-15-17-55(18-16-54)48-53-41-26-38(13-14-43(41)66-48)65-30-36-11-12-39(61-3)28-49-36/h7-14,26,28,32,37,40,42,57H,4-6,15-25,27,29-31H2,1-3H3,(H,50,59)(H,52,58)/t37-,40+,42+/m1/s1. The van der Waals surface area contributed by atoms with Gasteiger partial charge in [0.25, 0.3) is 6.01 Å². The zero-order chi connectivity index (χ0) is 47.0. The third-order valence-electron chi connectivity index (χ3n) is 11.7. The molecule has 0 bridgehead atoms. The Labute approximate surface area is 394 Å².